The lowest BCUT2D eigenvalue weighted by atomic mass is 9.97. The second kappa shape index (κ2) is 6.85. The van der Waals surface area contributed by atoms with Crippen molar-refractivity contribution in [2.45, 2.75) is 38.3 Å². The Kier molecular flexibility index (Phi) is 5.14. The summed E-state index contributed by atoms with van der Waals surface area (Å²) in [4.78, 5) is 0. The van der Waals surface area contributed by atoms with Gasteiger partial charge in [0, 0.05) is 5.92 Å². The van der Waals surface area contributed by atoms with Crippen LogP contribution < -0.4 is 0 Å². The molecule has 0 amide bonds. The van der Waals surface area contributed by atoms with E-state index >= 15 is 0 Å². The van der Waals surface area contributed by atoms with E-state index in [0.717, 1.165) is 12.0 Å². The van der Waals surface area contributed by atoms with Crippen molar-refractivity contribution in [3.05, 3.63) is 48.6 Å². The van der Waals surface area contributed by atoms with Crippen LogP contribution in [0.15, 0.2) is 43.0 Å². The summed E-state index contributed by atoms with van der Waals surface area (Å²) < 4.78 is 11.8. The topological polar surface area (TPSA) is 38.7 Å². The van der Waals surface area contributed by atoms with Gasteiger partial charge >= 0.3 is 0 Å². The van der Waals surface area contributed by atoms with Gasteiger partial charge in [0.05, 0.1) is 31.5 Å². The molecule has 0 radical (unpaired) electrons. The first-order valence-electron chi connectivity index (χ1n) is 6.79. The number of hydrogen-bond acceptors (Lipinski definition) is 3. The standard InChI is InChI=1S/C16H22O3/c1-3-7-14-16(12(2)15(10-17)19-14)18-11-13-8-5-4-6-9-13/h3-6,8-9,12,14-17H,1,7,10-11H2,2H3. The van der Waals surface area contributed by atoms with Gasteiger partial charge in [0.15, 0.2) is 0 Å². The van der Waals surface area contributed by atoms with Crippen molar-refractivity contribution < 1.29 is 14.6 Å². The fourth-order valence-electron chi connectivity index (χ4n) is 2.57. The van der Waals surface area contributed by atoms with E-state index in [1.165, 1.54) is 0 Å². The number of ether oxygens (including phenoxy) is 2. The monoisotopic (exact) mass is 262 g/mol. The molecule has 1 heterocycles. The summed E-state index contributed by atoms with van der Waals surface area (Å²) in [5.41, 5.74) is 1.15. The molecule has 1 aromatic carbocycles. The fraction of sp³-hybridized carbons (Fsp3) is 0.500. The Hall–Kier alpha value is -1.16. The second-order valence-corrected chi connectivity index (χ2v) is 5.04. The van der Waals surface area contributed by atoms with Gasteiger partial charge in [0.1, 0.15) is 0 Å². The van der Waals surface area contributed by atoms with E-state index in [2.05, 4.69) is 13.5 Å². The molecule has 0 spiro atoms. The highest BCUT2D eigenvalue weighted by Crippen LogP contribution is 2.31. The van der Waals surface area contributed by atoms with Gasteiger partial charge in [-0.15, -0.1) is 6.58 Å². The minimum absolute atomic E-state index is 0.00615. The summed E-state index contributed by atoms with van der Waals surface area (Å²) in [6.45, 7) is 6.44. The van der Waals surface area contributed by atoms with Crippen molar-refractivity contribution >= 4 is 0 Å². The largest absolute Gasteiger partial charge is 0.394 e. The van der Waals surface area contributed by atoms with E-state index in [-0.39, 0.29) is 30.8 Å². The first kappa shape index (κ1) is 14.3. The Morgan fingerprint density at radius 3 is 2.68 bits per heavy atom. The molecule has 1 fully saturated rings. The molecule has 1 saturated heterocycles. The third kappa shape index (κ3) is 3.44. The number of aliphatic hydroxyl groups excluding tert-OH is 1. The molecule has 0 aromatic heterocycles. The molecule has 3 heteroatoms. The van der Waals surface area contributed by atoms with Crippen LogP contribution in [0.1, 0.15) is 18.9 Å². The molecule has 1 aromatic rings. The molecule has 4 atom stereocenters. The first-order valence-corrected chi connectivity index (χ1v) is 6.79. The SMILES string of the molecule is C=CCC1OC(CO)C(C)C1OCc1ccccc1. The lowest BCUT2D eigenvalue weighted by molar-refractivity contribution is -0.0357. The normalized spacial score (nSPS) is 30.4. The van der Waals surface area contributed by atoms with Gasteiger partial charge in [-0.2, -0.15) is 0 Å². The van der Waals surface area contributed by atoms with Gasteiger partial charge in [-0.1, -0.05) is 43.3 Å². The average Bonchev–Trinajstić information content (AvgIpc) is 2.74. The van der Waals surface area contributed by atoms with E-state index in [9.17, 15) is 5.11 Å². The Labute approximate surface area is 114 Å². The lowest BCUT2D eigenvalue weighted by Crippen LogP contribution is -2.29. The van der Waals surface area contributed by atoms with Crippen LogP contribution in [0.5, 0.6) is 0 Å². The molecular weight excluding hydrogens is 240 g/mol. The van der Waals surface area contributed by atoms with Gasteiger partial charge in [-0.3, -0.25) is 0 Å². The van der Waals surface area contributed by atoms with E-state index in [4.69, 9.17) is 9.47 Å². The number of rotatable bonds is 6. The molecule has 0 saturated carbocycles. The molecule has 0 aliphatic carbocycles. The van der Waals surface area contributed by atoms with Crippen LogP contribution in [0.2, 0.25) is 0 Å². The Bertz CT molecular complexity index is 390. The van der Waals surface area contributed by atoms with Crippen molar-refractivity contribution in [3.63, 3.8) is 0 Å². The summed E-state index contributed by atoms with van der Waals surface area (Å²) in [6.07, 6.45) is 2.46. The Morgan fingerprint density at radius 2 is 2.05 bits per heavy atom. The number of aliphatic hydroxyl groups is 1. The van der Waals surface area contributed by atoms with E-state index < -0.39 is 0 Å². The van der Waals surface area contributed by atoms with Crippen LogP contribution in [-0.4, -0.2) is 30.0 Å². The minimum atomic E-state index is -0.134. The van der Waals surface area contributed by atoms with Crippen molar-refractivity contribution in [3.8, 4) is 0 Å². The van der Waals surface area contributed by atoms with Crippen LogP contribution in [0.3, 0.4) is 0 Å². The Balaban J connectivity index is 1.97. The van der Waals surface area contributed by atoms with E-state index in [0.29, 0.717) is 6.61 Å². The quantitative estimate of drug-likeness (QED) is 0.801. The predicted molar refractivity (Wildman–Crippen MR) is 74.7 cm³/mol. The molecule has 1 aliphatic rings. The van der Waals surface area contributed by atoms with Crippen LogP contribution in [-0.2, 0) is 16.1 Å². The Morgan fingerprint density at radius 1 is 1.32 bits per heavy atom. The summed E-state index contributed by atoms with van der Waals surface area (Å²) in [6, 6.07) is 10.1. The molecule has 104 valence electrons. The summed E-state index contributed by atoms with van der Waals surface area (Å²) in [5, 5.41) is 9.32. The number of hydrogen-bond donors (Lipinski definition) is 1. The molecule has 19 heavy (non-hydrogen) atoms. The molecular formula is C16H22O3. The maximum absolute atomic E-state index is 9.32. The third-order valence-electron chi connectivity index (χ3n) is 3.68. The zero-order chi connectivity index (χ0) is 13.7. The lowest BCUT2D eigenvalue weighted by Gasteiger charge is -2.21. The summed E-state index contributed by atoms with van der Waals surface area (Å²) in [5.74, 6) is 0.193. The second-order valence-electron chi connectivity index (χ2n) is 5.04. The maximum Gasteiger partial charge on any atom is 0.0895 e. The fourth-order valence-corrected chi connectivity index (χ4v) is 2.57. The average molecular weight is 262 g/mol. The predicted octanol–water partition coefficient (Wildman–Crippen LogP) is 2.54. The molecule has 1 aliphatic heterocycles. The van der Waals surface area contributed by atoms with Crippen molar-refractivity contribution in [1.82, 2.24) is 0 Å². The smallest absolute Gasteiger partial charge is 0.0895 e. The van der Waals surface area contributed by atoms with Gasteiger partial charge in [0.2, 0.25) is 0 Å². The van der Waals surface area contributed by atoms with Crippen molar-refractivity contribution in [2.75, 3.05) is 6.61 Å². The van der Waals surface area contributed by atoms with Crippen LogP contribution in [0.25, 0.3) is 0 Å². The molecule has 4 unspecified atom stereocenters. The van der Waals surface area contributed by atoms with Crippen LogP contribution >= 0.6 is 0 Å². The minimum Gasteiger partial charge on any atom is -0.394 e. The highest BCUT2D eigenvalue weighted by atomic mass is 16.6. The number of benzene rings is 1. The molecule has 1 N–H and O–H groups in total. The van der Waals surface area contributed by atoms with Crippen molar-refractivity contribution in [2.24, 2.45) is 5.92 Å². The molecule has 2 rings (SSSR count). The van der Waals surface area contributed by atoms with Gasteiger partial charge in [-0.25, -0.2) is 0 Å². The zero-order valence-corrected chi connectivity index (χ0v) is 11.4. The van der Waals surface area contributed by atoms with Crippen LogP contribution in [0.4, 0.5) is 0 Å². The zero-order valence-electron chi connectivity index (χ0n) is 11.4. The highest BCUT2D eigenvalue weighted by Gasteiger charge is 2.41. The first-order chi connectivity index (χ1) is 9.26. The van der Waals surface area contributed by atoms with E-state index in [1.807, 2.05) is 36.4 Å². The third-order valence-corrected chi connectivity index (χ3v) is 3.68. The highest BCUT2D eigenvalue weighted by molar-refractivity contribution is 5.13. The van der Waals surface area contributed by atoms with Gasteiger partial charge in [0.25, 0.3) is 0 Å². The maximum atomic E-state index is 9.32. The van der Waals surface area contributed by atoms with Crippen molar-refractivity contribution in [1.29, 1.82) is 0 Å². The summed E-state index contributed by atoms with van der Waals surface area (Å²) in [7, 11) is 0. The summed E-state index contributed by atoms with van der Waals surface area (Å²) >= 11 is 0. The van der Waals surface area contributed by atoms with Gasteiger partial charge < -0.3 is 14.6 Å². The molecule has 0 bridgehead atoms. The van der Waals surface area contributed by atoms with Crippen LogP contribution in [0, 0.1) is 5.92 Å². The van der Waals surface area contributed by atoms with E-state index in [1.54, 1.807) is 0 Å². The van der Waals surface area contributed by atoms with Gasteiger partial charge in [-0.05, 0) is 12.0 Å². The molecule has 3 nitrogen and oxygen atoms in total.